The van der Waals surface area contributed by atoms with E-state index in [9.17, 15) is 14.4 Å². The summed E-state index contributed by atoms with van der Waals surface area (Å²) in [6, 6.07) is 35.3. The third-order valence-corrected chi connectivity index (χ3v) is 9.71. The van der Waals surface area contributed by atoms with Crippen LogP contribution in [0.15, 0.2) is 131 Å². The predicted octanol–water partition coefficient (Wildman–Crippen LogP) is 8.51. The van der Waals surface area contributed by atoms with Crippen LogP contribution in [0.4, 0.5) is 10.8 Å². The van der Waals surface area contributed by atoms with E-state index in [1.54, 1.807) is 73.8 Å². The molecule has 0 bridgehead atoms. The Morgan fingerprint density at radius 3 is 2.29 bits per heavy atom. The second kappa shape index (κ2) is 16.2. The topological polar surface area (TPSA) is 119 Å². The molecule has 0 aliphatic heterocycles. The number of thioether (sulfide) groups is 1. The summed E-state index contributed by atoms with van der Waals surface area (Å²) < 4.78 is 10.8. The Labute approximate surface area is 303 Å². The maximum Gasteiger partial charge on any atom is 0.272 e. The zero-order chi connectivity index (χ0) is 35.7. The van der Waals surface area contributed by atoms with Gasteiger partial charge in [0.1, 0.15) is 17.2 Å². The second-order valence-electron chi connectivity index (χ2n) is 11.3. The number of anilines is 2. The minimum Gasteiger partial charge on any atom is -0.497 e. The molecule has 0 aliphatic carbocycles. The number of hydrogen-bond donors (Lipinski definition) is 3. The molecule has 1 atom stereocenters. The molecule has 5 aromatic carbocycles. The Bertz CT molecular complexity index is 2220. The lowest BCUT2D eigenvalue weighted by atomic mass is 10.1. The molecule has 0 fully saturated rings. The lowest BCUT2D eigenvalue weighted by Crippen LogP contribution is -2.30. The molecular weight excluding hydrogens is 681 g/mol. The van der Waals surface area contributed by atoms with Crippen molar-refractivity contribution in [2.24, 2.45) is 0 Å². The van der Waals surface area contributed by atoms with E-state index in [4.69, 9.17) is 9.47 Å². The van der Waals surface area contributed by atoms with Crippen LogP contribution < -0.4 is 25.4 Å². The summed E-state index contributed by atoms with van der Waals surface area (Å²) in [6.45, 7) is 1.83. The SMILES string of the molecule is COc1ccc(/C=C(\NC(=O)c2ccccc2)C(=O)Nc2ccc(SC(C)C(=O)Nc3nc(-c4ccc5ccccc5c4)cs3)cc2)c(OC)c1. The number of carbonyl (C=O) groups is 3. The van der Waals surface area contributed by atoms with Crippen LogP contribution >= 0.6 is 23.1 Å². The Morgan fingerprint density at radius 2 is 1.55 bits per heavy atom. The fourth-order valence-corrected chi connectivity index (χ4v) is 6.72. The molecule has 1 unspecified atom stereocenters. The summed E-state index contributed by atoms with van der Waals surface area (Å²) in [6.07, 6.45) is 1.55. The van der Waals surface area contributed by atoms with E-state index in [0.29, 0.717) is 33.4 Å². The highest BCUT2D eigenvalue weighted by Crippen LogP contribution is 2.30. The first-order valence-electron chi connectivity index (χ1n) is 15.9. The number of carbonyl (C=O) groups excluding carboxylic acids is 3. The van der Waals surface area contributed by atoms with Crippen LogP contribution in [-0.4, -0.2) is 42.2 Å². The molecule has 0 saturated carbocycles. The number of nitrogens with zero attached hydrogens (tertiary/aromatic N) is 1. The van der Waals surface area contributed by atoms with Crippen LogP contribution in [0.25, 0.3) is 28.1 Å². The predicted molar refractivity (Wildman–Crippen MR) is 206 cm³/mol. The molecule has 3 amide bonds. The third kappa shape index (κ3) is 8.82. The molecule has 1 heterocycles. The van der Waals surface area contributed by atoms with Crippen LogP contribution in [0.2, 0.25) is 0 Å². The van der Waals surface area contributed by atoms with E-state index in [2.05, 4.69) is 45.2 Å². The van der Waals surface area contributed by atoms with Gasteiger partial charge >= 0.3 is 0 Å². The van der Waals surface area contributed by atoms with Gasteiger partial charge in [-0.05, 0) is 78.4 Å². The summed E-state index contributed by atoms with van der Waals surface area (Å²) in [5.41, 5.74) is 3.28. The molecule has 3 N–H and O–H groups in total. The number of thiazole rings is 1. The molecule has 0 spiro atoms. The van der Waals surface area contributed by atoms with Crippen LogP contribution in [0.1, 0.15) is 22.8 Å². The van der Waals surface area contributed by atoms with Crippen molar-refractivity contribution in [2.75, 3.05) is 24.9 Å². The third-order valence-electron chi connectivity index (χ3n) is 7.84. The van der Waals surface area contributed by atoms with Gasteiger partial charge in [-0.25, -0.2) is 4.98 Å². The molecule has 9 nitrogen and oxygen atoms in total. The highest BCUT2D eigenvalue weighted by atomic mass is 32.2. The van der Waals surface area contributed by atoms with E-state index in [0.717, 1.165) is 26.9 Å². The summed E-state index contributed by atoms with van der Waals surface area (Å²) in [5.74, 6) is -0.0894. The summed E-state index contributed by atoms with van der Waals surface area (Å²) >= 11 is 2.77. The summed E-state index contributed by atoms with van der Waals surface area (Å²) in [4.78, 5) is 45.2. The largest absolute Gasteiger partial charge is 0.497 e. The van der Waals surface area contributed by atoms with Crippen molar-refractivity contribution in [3.05, 3.63) is 137 Å². The maximum atomic E-state index is 13.6. The van der Waals surface area contributed by atoms with Gasteiger partial charge in [-0.2, -0.15) is 0 Å². The average molecular weight is 715 g/mol. The molecule has 11 heteroatoms. The van der Waals surface area contributed by atoms with Crippen LogP contribution in [-0.2, 0) is 9.59 Å². The number of benzene rings is 5. The average Bonchev–Trinajstić information content (AvgIpc) is 3.63. The van der Waals surface area contributed by atoms with Crippen LogP contribution in [0.5, 0.6) is 11.5 Å². The summed E-state index contributed by atoms with van der Waals surface area (Å²) in [5, 5.41) is 12.9. The number of ether oxygens (including phenoxy) is 2. The lowest BCUT2D eigenvalue weighted by molar-refractivity contribution is -0.115. The van der Waals surface area contributed by atoms with Crippen molar-refractivity contribution >= 4 is 68.5 Å². The normalized spacial score (nSPS) is 11.8. The second-order valence-corrected chi connectivity index (χ2v) is 13.6. The number of amides is 3. The van der Waals surface area contributed by atoms with Crippen molar-refractivity contribution in [1.29, 1.82) is 0 Å². The number of rotatable bonds is 12. The first kappa shape index (κ1) is 34.9. The molecule has 6 aromatic rings. The molecule has 0 radical (unpaired) electrons. The van der Waals surface area contributed by atoms with Gasteiger partial charge in [-0.1, -0.05) is 54.6 Å². The highest BCUT2D eigenvalue weighted by molar-refractivity contribution is 8.00. The fourth-order valence-electron chi connectivity index (χ4n) is 5.13. The molecule has 0 aliphatic rings. The van der Waals surface area contributed by atoms with Crippen LogP contribution in [0, 0.1) is 0 Å². The van der Waals surface area contributed by atoms with Crippen molar-refractivity contribution in [3.63, 3.8) is 0 Å². The zero-order valence-electron chi connectivity index (χ0n) is 28.0. The smallest absolute Gasteiger partial charge is 0.272 e. The molecule has 0 saturated heterocycles. The molecule has 6 rings (SSSR count). The molecular formula is C40H34N4O5S2. The first-order chi connectivity index (χ1) is 24.8. The molecule has 256 valence electrons. The van der Waals surface area contributed by atoms with E-state index in [1.165, 1.54) is 30.2 Å². The van der Waals surface area contributed by atoms with E-state index < -0.39 is 17.1 Å². The zero-order valence-corrected chi connectivity index (χ0v) is 29.6. The minimum absolute atomic E-state index is 0.0158. The lowest BCUT2D eigenvalue weighted by Gasteiger charge is -2.14. The first-order valence-corrected chi connectivity index (χ1v) is 17.7. The van der Waals surface area contributed by atoms with Crippen molar-refractivity contribution in [1.82, 2.24) is 10.3 Å². The Balaban J connectivity index is 1.10. The molecule has 51 heavy (non-hydrogen) atoms. The van der Waals surface area contributed by atoms with Gasteiger partial charge in [0.15, 0.2) is 5.13 Å². The van der Waals surface area contributed by atoms with Crippen molar-refractivity contribution in [2.45, 2.75) is 17.1 Å². The standard InChI is InChI=1S/C40H34N4O5S2/c1-25(37(45)44-40-43-35(24-50-40)29-14-13-26-9-7-8-12-28(26)21-29)51-33-19-16-31(17-20-33)41-39(47)34(42-38(46)27-10-5-4-6-11-27)22-30-15-18-32(48-2)23-36(30)49-3/h4-25H,1-3H3,(H,41,47)(H,42,46)(H,43,44,45)/b34-22-. The quantitative estimate of drug-likeness (QED) is 0.0859. The van der Waals surface area contributed by atoms with E-state index in [-0.39, 0.29) is 11.6 Å². The number of methoxy groups -OCH3 is 2. The Morgan fingerprint density at radius 1 is 0.804 bits per heavy atom. The van der Waals surface area contributed by atoms with Gasteiger partial charge in [0, 0.05) is 38.7 Å². The number of aromatic nitrogens is 1. The number of fused-ring (bicyclic) bond motifs is 1. The fraction of sp³-hybridized carbons (Fsp3) is 0.100. The minimum atomic E-state index is -0.531. The maximum absolute atomic E-state index is 13.6. The Hall–Kier alpha value is -5.91. The van der Waals surface area contributed by atoms with E-state index in [1.807, 2.05) is 42.6 Å². The number of nitrogens with one attached hydrogen (secondary N) is 3. The molecule has 1 aromatic heterocycles. The van der Waals surface area contributed by atoms with Crippen LogP contribution in [0.3, 0.4) is 0 Å². The monoisotopic (exact) mass is 714 g/mol. The summed E-state index contributed by atoms with van der Waals surface area (Å²) in [7, 11) is 3.06. The van der Waals surface area contributed by atoms with Gasteiger partial charge in [0.25, 0.3) is 11.8 Å². The van der Waals surface area contributed by atoms with Crippen molar-refractivity contribution < 1.29 is 23.9 Å². The van der Waals surface area contributed by atoms with Gasteiger partial charge < -0.3 is 25.4 Å². The van der Waals surface area contributed by atoms with Gasteiger partial charge in [-0.3, -0.25) is 14.4 Å². The van der Waals surface area contributed by atoms with E-state index >= 15 is 0 Å². The van der Waals surface area contributed by atoms with Gasteiger partial charge in [0.2, 0.25) is 5.91 Å². The number of hydrogen-bond acceptors (Lipinski definition) is 8. The highest BCUT2D eigenvalue weighted by Gasteiger charge is 2.19. The van der Waals surface area contributed by atoms with Gasteiger partial charge in [-0.15, -0.1) is 23.1 Å². The van der Waals surface area contributed by atoms with Gasteiger partial charge in [0.05, 0.1) is 25.2 Å². The Kier molecular flexibility index (Phi) is 11.1. The van der Waals surface area contributed by atoms with Crippen molar-refractivity contribution in [3.8, 4) is 22.8 Å².